The van der Waals surface area contributed by atoms with Crippen LogP contribution in [0, 0.1) is 6.07 Å². The van der Waals surface area contributed by atoms with Crippen molar-refractivity contribution in [1.82, 2.24) is 4.98 Å². The smallest absolute Gasteiger partial charge is 0.0607 e. The maximum absolute atomic E-state index is 5.00. The number of rotatable bonds is 2. The molecule has 5 aromatic rings. The molecule has 0 unspecified atom stereocenters. The van der Waals surface area contributed by atoms with E-state index < -0.39 is 0 Å². The van der Waals surface area contributed by atoms with Crippen molar-refractivity contribution in [3.63, 3.8) is 0 Å². The van der Waals surface area contributed by atoms with E-state index in [0.717, 1.165) is 26.8 Å². The number of hydrogen-bond donors (Lipinski definition) is 0. The molecule has 4 aromatic carbocycles. The summed E-state index contributed by atoms with van der Waals surface area (Å²) in [5, 5.41) is 1.25. The molecule has 0 aliphatic heterocycles. The summed E-state index contributed by atoms with van der Waals surface area (Å²) < 4.78 is 1.07. The van der Waals surface area contributed by atoms with Gasteiger partial charge < -0.3 is 0 Å². The Morgan fingerprint density at radius 1 is 0.667 bits per heavy atom. The first-order chi connectivity index (χ1) is 14.3. The number of halogens is 1. The van der Waals surface area contributed by atoms with Crippen molar-refractivity contribution in [2.75, 3.05) is 0 Å². The molecule has 6 rings (SSSR count). The van der Waals surface area contributed by atoms with Crippen LogP contribution in [0.4, 0.5) is 0 Å². The second kappa shape index (κ2) is 7.59. The average molecular weight is 626 g/mol. The predicted octanol–water partition coefficient (Wildman–Crippen LogP) is 7.78. The molecule has 1 aromatic heterocycles. The summed E-state index contributed by atoms with van der Waals surface area (Å²) in [5.41, 5.74) is 10.4. The van der Waals surface area contributed by atoms with Gasteiger partial charge in [-0.2, -0.15) is 0 Å². The topological polar surface area (TPSA) is 12.9 Å². The quantitative estimate of drug-likeness (QED) is 0.179. The minimum atomic E-state index is 0. The van der Waals surface area contributed by atoms with Crippen LogP contribution < -0.4 is 0 Å². The van der Waals surface area contributed by atoms with E-state index in [1.54, 1.807) is 0 Å². The van der Waals surface area contributed by atoms with E-state index in [2.05, 4.69) is 101 Å². The summed E-state index contributed by atoms with van der Waals surface area (Å²) in [4.78, 5) is 5.00. The van der Waals surface area contributed by atoms with Gasteiger partial charge in [0, 0.05) is 30.0 Å². The first-order valence-corrected chi connectivity index (χ1v) is 10.4. The van der Waals surface area contributed by atoms with E-state index in [9.17, 15) is 0 Å². The second-order valence-corrected chi connectivity index (χ2v) is 8.22. The Kier molecular flexibility index (Phi) is 4.91. The van der Waals surface area contributed by atoms with Gasteiger partial charge in [0.15, 0.2) is 0 Å². The fourth-order valence-corrected chi connectivity index (χ4v) is 4.68. The fraction of sp³-hybridized carbons (Fsp3) is 0. The van der Waals surface area contributed by atoms with Crippen molar-refractivity contribution >= 4 is 26.8 Å². The van der Waals surface area contributed by atoms with Crippen LogP contribution in [0.15, 0.2) is 95.5 Å². The molecule has 3 heteroatoms. The Morgan fingerprint density at radius 3 is 2.23 bits per heavy atom. The van der Waals surface area contributed by atoms with Crippen LogP contribution in [-0.2, 0) is 20.1 Å². The van der Waals surface area contributed by atoms with Gasteiger partial charge in [-0.15, -0.1) is 35.4 Å². The number of hydrogen-bond acceptors (Lipinski definition) is 1. The van der Waals surface area contributed by atoms with Gasteiger partial charge in [-0.3, -0.25) is 4.98 Å². The predicted molar refractivity (Wildman–Crippen MR) is 124 cm³/mol. The zero-order valence-corrected chi connectivity index (χ0v) is 19.8. The third-order valence-electron chi connectivity index (χ3n) is 5.58. The molecule has 0 atom stereocenters. The Labute approximate surface area is 197 Å². The van der Waals surface area contributed by atoms with Crippen LogP contribution in [0.25, 0.3) is 55.5 Å². The Bertz CT molecular complexity index is 1420. The van der Waals surface area contributed by atoms with Gasteiger partial charge in [-0.25, -0.2) is 0 Å². The van der Waals surface area contributed by atoms with E-state index in [1.165, 1.54) is 33.2 Å². The van der Waals surface area contributed by atoms with E-state index in [4.69, 9.17) is 4.98 Å². The summed E-state index contributed by atoms with van der Waals surface area (Å²) in [7, 11) is 0. The summed E-state index contributed by atoms with van der Waals surface area (Å²) in [5.74, 6) is 0. The Hall–Kier alpha value is -2.58. The average Bonchev–Trinajstić information content (AvgIpc) is 3.09. The van der Waals surface area contributed by atoms with Crippen molar-refractivity contribution in [3.8, 4) is 44.6 Å². The summed E-state index contributed by atoms with van der Waals surface area (Å²) in [6.07, 6.45) is 0. The zero-order chi connectivity index (χ0) is 19.4. The molecule has 0 fully saturated rings. The molecule has 0 N–H and O–H groups in total. The summed E-state index contributed by atoms with van der Waals surface area (Å²) in [6.45, 7) is 0. The maximum atomic E-state index is 5.00. The molecule has 0 amide bonds. The number of benzene rings is 4. The van der Waals surface area contributed by atoms with Gasteiger partial charge >= 0.3 is 0 Å². The number of aromatic nitrogens is 1. The van der Waals surface area contributed by atoms with E-state index in [0.29, 0.717) is 0 Å². The minimum absolute atomic E-state index is 0. The van der Waals surface area contributed by atoms with Gasteiger partial charge in [0.2, 0.25) is 0 Å². The molecule has 1 aliphatic rings. The monoisotopic (exact) mass is 625 g/mol. The molecule has 0 spiro atoms. The van der Waals surface area contributed by atoms with E-state index in [1.807, 2.05) is 12.1 Å². The van der Waals surface area contributed by atoms with Crippen LogP contribution in [-0.4, -0.2) is 4.98 Å². The molecule has 0 saturated heterocycles. The van der Waals surface area contributed by atoms with Crippen LogP contribution in [0.1, 0.15) is 0 Å². The normalized spacial score (nSPS) is 11.2. The van der Waals surface area contributed by atoms with Gasteiger partial charge in [-0.1, -0.05) is 70.5 Å². The van der Waals surface area contributed by atoms with Crippen molar-refractivity contribution in [2.45, 2.75) is 0 Å². The summed E-state index contributed by atoms with van der Waals surface area (Å²) in [6, 6.07) is 35.2. The zero-order valence-electron chi connectivity index (χ0n) is 15.8. The summed E-state index contributed by atoms with van der Waals surface area (Å²) >= 11 is 3.57. The second-order valence-electron chi connectivity index (χ2n) is 7.30. The van der Waals surface area contributed by atoms with Crippen molar-refractivity contribution in [3.05, 3.63) is 102 Å². The molecule has 1 radical (unpaired) electrons. The first kappa shape index (κ1) is 19.4. The largest absolute Gasteiger partial charge is 0.296 e. The number of nitrogens with zero attached hydrogens (tertiary/aromatic N) is 1. The SMILES string of the molecule is Brc1cccc(-c2cc[c-]c(-c3cc4c5c(cccc5n3)-c3ccccc3-4)c2)c1.[Ir]. The third kappa shape index (κ3) is 3.06. The molecule has 1 aliphatic carbocycles. The molecule has 1 heterocycles. The van der Waals surface area contributed by atoms with Crippen LogP contribution in [0.5, 0.6) is 0 Å². The standard InChI is InChI=1S/C27H15BrN.Ir/c28-20-9-4-7-18(15-20)17-6-3-8-19(14-17)26-16-24-22-11-2-1-10-21(22)23-12-5-13-25(29-26)27(23)24;/h1-7,9-16H;/q-1;. The minimum Gasteiger partial charge on any atom is -0.296 e. The Morgan fingerprint density at radius 2 is 1.40 bits per heavy atom. The van der Waals surface area contributed by atoms with Crippen molar-refractivity contribution < 1.29 is 20.1 Å². The van der Waals surface area contributed by atoms with Gasteiger partial charge in [-0.05, 0) is 51.7 Å². The van der Waals surface area contributed by atoms with Crippen molar-refractivity contribution in [1.29, 1.82) is 0 Å². The van der Waals surface area contributed by atoms with Crippen LogP contribution in [0.3, 0.4) is 0 Å². The molecule has 145 valence electrons. The third-order valence-corrected chi connectivity index (χ3v) is 6.07. The molecular weight excluding hydrogens is 610 g/mol. The molecule has 0 bridgehead atoms. The Balaban J connectivity index is 0.00000193. The molecule has 30 heavy (non-hydrogen) atoms. The number of fused-ring (bicyclic) bond motifs is 3. The van der Waals surface area contributed by atoms with E-state index >= 15 is 0 Å². The molecular formula is C27H15BrIrN-. The maximum Gasteiger partial charge on any atom is 0.0607 e. The number of pyridine rings is 1. The molecule has 1 nitrogen and oxygen atoms in total. The first-order valence-electron chi connectivity index (χ1n) is 9.59. The van der Waals surface area contributed by atoms with Gasteiger partial charge in [0.05, 0.1) is 5.52 Å². The van der Waals surface area contributed by atoms with Crippen molar-refractivity contribution in [2.24, 2.45) is 0 Å². The van der Waals surface area contributed by atoms with Gasteiger partial charge in [0.25, 0.3) is 0 Å². The van der Waals surface area contributed by atoms with Gasteiger partial charge in [0.1, 0.15) is 0 Å². The molecule has 0 saturated carbocycles. The van der Waals surface area contributed by atoms with Crippen LogP contribution in [0.2, 0.25) is 0 Å². The van der Waals surface area contributed by atoms with Crippen LogP contribution >= 0.6 is 15.9 Å². The van der Waals surface area contributed by atoms with E-state index in [-0.39, 0.29) is 20.1 Å². The fourth-order valence-electron chi connectivity index (χ4n) is 4.28.